The molecule has 9 nitrogen and oxygen atoms in total. The van der Waals surface area contributed by atoms with Crippen molar-refractivity contribution in [3.63, 3.8) is 0 Å². The van der Waals surface area contributed by atoms with Crippen molar-refractivity contribution in [3.8, 4) is 5.75 Å². The monoisotopic (exact) mass is 457 g/mol. The van der Waals surface area contributed by atoms with Crippen molar-refractivity contribution in [1.29, 1.82) is 0 Å². The summed E-state index contributed by atoms with van der Waals surface area (Å²) in [5, 5.41) is 18.4. The van der Waals surface area contributed by atoms with Crippen LogP contribution in [0.2, 0.25) is 5.15 Å². The summed E-state index contributed by atoms with van der Waals surface area (Å²) >= 11 is 6.13. The first-order valence-corrected chi connectivity index (χ1v) is 10.6. The highest BCUT2D eigenvalue weighted by atomic mass is 35.5. The van der Waals surface area contributed by atoms with Gasteiger partial charge in [-0.1, -0.05) is 11.6 Å². The van der Waals surface area contributed by atoms with E-state index in [4.69, 9.17) is 31.3 Å². The molecule has 10 heteroatoms. The Hall–Kier alpha value is -2.85. The molecule has 4 heterocycles. The van der Waals surface area contributed by atoms with E-state index in [1.807, 2.05) is 35.0 Å². The Morgan fingerprint density at radius 2 is 1.97 bits per heavy atom. The van der Waals surface area contributed by atoms with Crippen LogP contribution < -0.4 is 4.74 Å². The molecule has 0 spiro atoms. The van der Waals surface area contributed by atoms with Crippen molar-refractivity contribution in [1.82, 2.24) is 24.5 Å². The van der Waals surface area contributed by atoms with Crippen LogP contribution in [0.5, 0.6) is 5.75 Å². The third-order valence-corrected chi connectivity index (χ3v) is 5.07. The largest absolute Gasteiger partial charge is 0.491 e. The van der Waals surface area contributed by atoms with Gasteiger partial charge in [-0.25, -0.2) is 19.9 Å². The maximum Gasteiger partial charge on any atom is 0.156 e. The minimum Gasteiger partial charge on any atom is -0.491 e. The molecule has 32 heavy (non-hydrogen) atoms. The Balaban J connectivity index is 0.000000444. The van der Waals surface area contributed by atoms with Gasteiger partial charge in [-0.15, -0.1) is 0 Å². The molecule has 0 radical (unpaired) electrons. The van der Waals surface area contributed by atoms with Gasteiger partial charge in [-0.05, 0) is 44.9 Å². The van der Waals surface area contributed by atoms with Gasteiger partial charge < -0.3 is 24.3 Å². The lowest BCUT2D eigenvalue weighted by Gasteiger charge is -2.16. The number of aliphatic hydroxyl groups is 2. The molecule has 3 aromatic heterocycles. The van der Waals surface area contributed by atoms with Gasteiger partial charge in [0.15, 0.2) is 5.79 Å². The predicted octanol–water partition coefficient (Wildman–Crippen LogP) is 3.49. The summed E-state index contributed by atoms with van der Waals surface area (Å²) in [6.07, 6.45) is 8.49. The zero-order valence-corrected chi connectivity index (χ0v) is 18.5. The van der Waals surface area contributed by atoms with Gasteiger partial charge in [-0.3, -0.25) is 0 Å². The normalized spacial score (nSPS) is 18.5. The topological polar surface area (TPSA) is 115 Å². The van der Waals surface area contributed by atoms with Crippen molar-refractivity contribution < 1.29 is 19.7 Å². The van der Waals surface area contributed by atoms with E-state index in [1.165, 1.54) is 26.5 Å². The van der Waals surface area contributed by atoms with Crippen molar-refractivity contribution in [2.45, 2.75) is 44.8 Å². The average Bonchev–Trinajstić information content (AvgIpc) is 3.38. The highest BCUT2D eigenvalue weighted by Crippen LogP contribution is 2.32. The van der Waals surface area contributed by atoms with E-state index in [-0.39, 0.29) is 12.3 Å². The first-order valence-electron chi connectivity index (χ1n) is 10.2. The van der Waals surface area contributed by atoms with E-state index in [1.54, 1.807) is 6.20 Å². The molecule has 0 unspecified atom stereocenters. The Morgan fingerprint density at radius 3 is 2.78 bits per heavy atom. The third kappa shape index (κ3) is 5.49. The quantitative estimate of drug-likeness (QED) is 0.353. The van der Waals surface area contributed by atoms with Gasteiger partial charge >= 0.3 is 0 Å². The molecule has 1 saturated heterocycles. The number of aromatic nitrogens is 5. The number of benzene rings is 1. The summed E-state index contributed by atoms with van der Waals surface area (Å²) in [5.41, 5.74) is 1.65. The second-order valence-electron chi connectivity index (χ2n) is 7.96. The van der Waals surface area contributed by atoms with Crippen LogP contribution in [-0.4, -0.2) is 53.2 Å². The van der Waals surface area contributed by atoms with Crippen LogP contribution in [0.4, 0.5) is 0 Å². The molecule has 1 aromatic carbocycles. The highest BCUT2D eigenvalue weighted by Gasteiger charge is 2.28. The van der Waals surface area contributed by atoms with Crippen molar-refractivity contribution in [3.05, 3.63) is 54.5 Å². The van der Waals surface area contributed by atoms with E-state index in [2.05, 4.69) is 19.9 Å². The Morgan fingerprint density at radius 1 is 1.16 bits per heavy atom. The van der Waals surface area contributed by atoms with Gasteiger partial charge in [0, 0.05) is 23.8 Å². The molecular weight excluding hydrogens is 434 g/mol. The summed E-state index contributed by atoms with van der Waals surface area (Å²) in [4.78, 5) is 16.6. The lowest BCUT2D eigenvalue weighted by Crippen LogP contribution is -2.18. The maximum atomic E-state index is 8.08. The van der Waals surface area contributed by atoms with Crippen LogP contribution in [0.15, 0.2) is 49.3 Å². The number of fused-ring (bicyclic) bond motifs is 2. The molecule has 1 aliphatic heterocycles. The number of nitrogens with zero attached hydrogens (tertiary/aromatic N) is 5. The molecular formula is C22H24ClN5O4. The van der Waals surface area contributed by atoms with E-state index in [0.29, 0.717) is 11.8 Å². The minimum atomic E-state index is -1.50. The van der Waals surface area contributed by atoms with Crippen LogP contribution in [0.25, 0.3) is 21.9 Å². The molecule has 168 valence electrons. The lowest BCUT2D eigenvalue weighted by atomic mass is 10.2. The molecule has 0 saturated carbocycles. The fraction of sp³-hybridized carbons (Fsp3) is 0.364. The van der Waals surface area contributed by atoms with E-state index < -0.39 is 5.79 Å². The van der Waals surface area contributed by atoms with Crippen LogP contribution in [0, 0.1) is 0 Å². The zero-order chi connectivity index (χ0) is 22.7. The summed E-state index contributed by atoms with van der Waals surface area (Å²) < 4.78 is 14.1. The molecule has 1 fully saturated rings. The number of halogens is 1. The second kappa shape index (κ2) is 9.33. The number of ether oxygens (including phenoxy) is 2. The Kier molecular flexibility index (Phi) is 6.52. The van der Waals surface area contributed by atoms with Crippen LogP contribution in [0.1, 0.15) is 32.9 Å². The fourth-order valence-electron chi connectivity index (χ4n) is 3.42. The summed E-state index contributed by atoms with van der Waals surface area (Å²) in [6, 6.07) is 7.72. The first-order chi connectivity index (χ1) is 15.3. The summed E-state index contributed by atoms with van der Waals surface area (Å²) in [7, 11) is 0. The number of hydrogen-bond acceptors (Lipinski definition) is 8. The predicted molar refractivity (Wildman–Crippen MR) is 119 cm³/mol. The van der Waals surface area contributed by atoms with Crippen molar-refractivity contribution in [2.75, 3.05) is 6.61 Å². The maximum absolute atomic E-state index is 8.08. The Labute approximate surface area is 189 Å². The molecule has 0 bridgehead atoms. The smallest absolute Gasteiger partial charge is 0.156 e. The molecule has 4 aromatic rings. The SMILES string of the molecule is CC(C)(O)O.Clc1ncnc2c1ccn2[C@H]1CC[C@@H](COc2ccc3cncnc3c2)O1. The Bertz CT molecular complexity index is 1200. The van der Waals surface area contributed by atoms with Crippen LogP contribution >= 0.6 is 11.6 Å². The van der Waals surface area contributed by atoms with Gasteiger partial charge in [0.05, 0.1) is 17.0 Å². The summed E-state index contributed by atoms with van der Waals surface area (Å²) in [5.74, 6) is -0.723. The number of rotatable bonds is 4. The van der Waals surface area contributed by atoms with E-state index in [0.717, 1.165) is 40.5 Å². The van der Waals surface area contributed by atoms with Gasteiger partial charge in [0.2, 0.25) is 0 Å². The van der Waals surface area contributed by atoms with Crippen LogP contribution in [0.3, 0.4) is 0 Å². The molecule has 2 N–H and O–H groups in total. The lowest BCUT2D eigenvalue weighted by molar-refractivity contribution is -0.127. The standard InChI is InChI=1S/C19H16ClN5O2.C3H8O2/c20-18-15-5-6-25(19(15)24-11-23-18)17-4-3-14(27-17)9-26-13-2-1-12-8-21-10-22-16(12)7-13;1-3(2,4)5/h1-2,5-8,10-11,14,17H,3-4,9H2;4-5H,1-2H3/t14-,17+;/m0./s1. The molecule has 0 aliphatic carbocycles. The summed E-state index contributed by atoms with van der Waals surface area (Å²) in [6.45, 7) is 3.09. The minimum absolute atomic E-state index is 0.0193. The molecule has 2 atom stereocenters. The van der Waals surface area contributed by atoms with Gasteiger partial charge in [-0.2, -0.15) is 0 Å². The van der Waals surface area contributed by atoms with E-state index in [9.17, 15) is 0 Å². The van der Waals surface area contributed by atoms with E-state index >= 15 is 0 Å². The van der Waals surface area contributed by atoms with Crippen molar-refractivity contribution in [2.24, 2.45) is 0 Å². The fourth-order valence-corrected chi connectivity index (χ4v) is 3.61. The third-order valence-electron chi connectivity index (χ3n) is 4.77. The molecule has 1 aliphatic rings. The number of hydrogen-bond donors (Lipinski definition) is 2. The van der Waals surface area contributed by atoms with Crippen LogP contribution in [-0.2, 0) is 4.74 Å². The highest BCUT2D eigenvalue weighted by molar-refractivity contribution is 6.33. The first kappa shape index (κ1) is 22.3. The average molecular weight is 458 g/mol. The molecule has 0 amide bonds. The van der Waals surface area contributed by atoms with Gasteiger partial charge in [0.25, 0.3) is 0 Å². The van der Waals surface area contributed by atoms with Gasteiger partial charge in [0.1, 0.15) is 42.0 Å². The molecule has 5 rings (SSSR count). The second-order valence-corrected chi connectivity index (χ2v) is 8.32. The zero-order valence-electron chi connectivity index (χ0n) is 17.7. The van der Waals surface area contributed by atoms with Crippen molar-refractivity contribution >= 4 is 33.5 Å².